The van der Waals surface area contributed by atoms with E-state index < -0.39 is 5.97 Å². The molecule has 1 N–H and O–H groups in total. The number of piperidine rings is 1. The molecule has 1 saturated heterocycles. The molecule has 0 aromatic carbocycles. The lowest BCUT2D eigenvalue weighted by molar-refractivity contribution is -0.134. The van der Waals surface area contributed by atoms with E-state index in [1.54, 1.807) is 6.92 Å². The molecule has 0 saturated carbocycles. The Bertz CT molecular complexity index is 647. The number of nitrogens with one attached hydrogen (secondary N) is 1. The Hall–Kier alpha value is -1.80. The molecule has 0 spiro atoms. The summed E-state index contributed by atoms with van der Waals surface area (Å²) < 4.78 is 10.7. The molecule has 1 fully saturated rings. The van der Waals surface area contributed by atoms with E-state index in [9.17, 15) is 4.79 Å². The Kier molecular flexibility index (Phi) is 5.95. The fourth-order valence-electron chi connectivity index (χ4n) is 3.18. The first-order chi connectivity index (χ1) is 11.6. The molecule has 1 aliphatic rings. The number of esters is 1. The van der Waals surface area contributed by atoms with Crippen molar-refractivity contribution in [3.63, 3.8) is 0 Å². The lowest BCUT2D eigenvalue weighted by Crippen LogP contribution is -2.60. The summed E-state index contributed by atoms with van der Waals surface area (Å²) in [5.74, 6) is -0.584. The quantitative estimate of drug-likeness (QED) is 0.628. The molecule has 1 aromatic rings. The largest absolute Gasteiger partial charge is 0.462 e. The first kappa shape index (κ1) is 19.5. The van der Waals surface area contributed by atoms with Crippen molar-refractivity contribution in [2.45, 2.75) is 64.6 Å². The molecule has 0 aliphatic carbocycles. The Morgan fingerprint density at radius 1 is 1.28 bits per heavy atom. The highest BCUT2D eigenvalue weighted by Crippen LogP contribution is 2.30. The van der Waals surface area contributed by atoms with Gasteiger partial charge in [-0.15, -0.1) is 0 Å². The predicted octanol–water partition coefficient (Wildman–Crippen LogP) is 2.48. The number of aliphatic imine (C=N–C) groups is 1. The van der Waals surface area contributed by atoms with Crippen LogP contribution in [0.2, 0.25) is 5.28 Å². The van der Waals surface area contributed by atoms with Gasteiger partial charge in [-0.1, -0.05) is 0 Å². The van der Waals surface area contributed by atoms with Gasteiger partial charge in [0.2, 0.25) is 5.28 Å². The number of rotatable bonds is 5. The van der Waals surface area contributed by atoms with Crippen molar-refractivity contribution in [3.8, 4) is 6.01 Å². The van der Waals surface area contributed by atoms with Gasteiger partial charge in [0.05, 0.1) is 6.61 Å². The molecule has 0 amide bonds. The van der Waals surface area contributed by atoms with E-state index in [4.69, 9.17) is 21.1 Å². The minimum atomic E-state index is -0.580. The highest BCUT2D eigenvalue weighted by molar-refractivity contribution is 6.28. The van der Waals surface area contributed by atoms with Crippen LogP contribution in [0.15, 0.2) is 4.99 Å². The molecule has 2 rings (SSSR count). The van der Waals surface area contributed by atoms with E-state index in [1.807, 2.05) is 0 Å². The Morgan fingerprint density at radius 3 is 2.52 bits per heavy atom. The molecular formula is C16H24ClN5O3. The van der Waals surface area contributed by atoms with Gasteiger partial charge in [-0.05, 0) is 46.2 Å². The van der Waals surface area contributed by atoms with Crippen molar-refractivity contribution >= 4 is 29.7 Å². The molecule has 0 radical (unpaired) electrons. The number of nitrogens with zero attached hydrogens (tertiary/aromatic N) is 4. The maximum atomic E-state index is 11.3. The second-order valence-corrected chi connectivity index (χ2v) is 7.58. The highest BCUT2D eigenvalue weighted by Gasteiger charge is 2.39. The van der Waals surface area contributed by atoms with Gasteiger partial charge < -0.3 is 14.8 Å². The van der Waals surface area contributed by atoms with Gasteiger partial charge in [-0.2, -0.15) is 15.0 Å². The van der Waals surface area contributed by atoms with Crippen molar-refractivity contribution in [1.29, 1.82) is 0 Å². The second-order valence-electron chi connectivity index (χ2n) is 7.24. The van der Waals surface area contributed by atoms with E-state index in [1.165, 1.54) is 0 Å². The van der Waals surface area contributed by atoms with Gasteiger partial charge in [-0.25, -0.2) is 9.79 Å². The monoisotopic (exact) mass is 369 g/mol. The van der Waals surface area contributed by atoms with Crippen LogP contribution in [0, 0.1) is 0 Å². The Balaban J connectivity index is 2.13. The van der Waals surface area contributed by atoms with Crippen LogP contribution in [0.3, 0.4) is 0 Å². The van der Waals surface area contributed by atoms with Crippen LogP contribution in [0.25, 0.3) is 0 Å². The van der Waals surface area contributed by atoms with Crippen LogP contribution in [-0.2, 0) is 9.53 Å². The molecule has 0 bridgehead atoms. The Morgan fingerprint density at radius 2 is 1.92 bits per heavy atom. The van der Waals surface area contributed by atoms with Gasteiger partial charge >= 0.3 is 12.0 Å². The SMILES string of the molecule is CCOC(=O)/C=N/c1nc(Cl)nc(OC2CC(C)(C)NC(C)(C)C2)n1. The summed E-state index contributed by atoms with van der Waals surface area (Å²) in [5, 5.41) is 3.53. The zero-order chi connectivity index (χ0) is 18.7. The molecular weight excluding hydrogens is 346 g/mol. The minimum Gasteiger partial charge on any atom is -0.462 e. The molecule has 1 aromatic heterocycles. The fourth-order valence-corrected chi connectivity index (χ4v) is 3.33. The number of aromatic nitrogens is 3. The van der Waals surface area contributed by atoms with Crippen molar-refractivity contribution in [3.05, 3.63) is 5.28 Å². The summed E-state index contributed by atoms with van der Waals surface area (Å²) in [6.45, 7) is 10.5. The number of carbonyl (C=O) groups is 1. The van der Waals surface area contributed by atoms with Crippen LogP contribution in [0.1, 0.15) is 47.5 Å². The molecule has 138 valence electrons. The third kappa shape index (κ3) is 6.21. The van der Waals surface area contributed by atoms with Crippen molar-refractivity contribution in [2.24, 2.45) is 4.99 Å². The van der Waals surface area contributed by atoms with E-state index in [-0.39, 0.29) is 41.0 Å². The Labute approximate surface area is 152 Å². The average molecular weight is 370 g/mol. The summed E-state index contributed by atoms with van der Waals surface area (Å²) >= 11 is 5.91. The van der Waals surface area contributed by atoms with Gasteiger partial charge in [0.25, 0.3) is 5.95 Å². The lowest BCUT2D eigenvalue weighted by Gasteiger charge is -2.45. The summed E-state index contributed by atoms with van der Waals surface area (Å²) in [5.41, 5.74) is -0.151. The third-order valence-electron chi connectivity index (χ3n) is 3.57. The topological polar surface area (TPSA) is 98.6 Å². The number of halogens is 1. The second kappa shape index (κ2) is 7.61. The van der Waals surface area contributed by atoms with Crippen molar-refractivity contribution in [1.82, 2.24) is 20.3 Å². The molecule has 25 heavy (non-hydrogen) atoms. The normalized spacial score (nSPS) is 19.8. The minimum absolute atomic E-state index is 0.00416. The molecule has 0 atom stereocenters. The summed E-state index contributed by atoms with van der Waals surface area (Å²) in [6.07, 6.45) is 2.50. The molecule has 2 heterocycles. The first-order valence-electron chi connectivity index (χ1n) is 8.17. The maximum Gasteiger partial charge on any atom is 0.349 e. The van der Waals surface area contributed by atoms with Crippen LogP contribution in [0.5, 0.6) is 6.01 Å². The highest BCUT2D eigenvalue weighted by atomic mass is 35.5. The predicted molar refractivity (Wildman–Crippen MR) is 94.6 cm³/mol. The fraction of sp³-hybridized carbons (Fsp3) is 0.688. The van der Waals surface area contributed by atoms with Crippen LogP contribution in [-0.4, -0.2) is 50.9 Å². The number of hydrogen-bond acceptors (Lipinski definition) is 8. The summed E-state index contributed by atoms with van der Waals surface area (Å²) in [6, 6.07) is 0.0921. The summed E-state index contributed by atoms with van der Waals surface area (Å²) in [7, 11) is 0. The van der Waals surface area contributed by atoms with Crippen LogP contribution in [0.4, 0.5) is 5.95 Å². The van der Waals surface area contributed by atoms with Gasteiger partial charge in [0, 0.05) is 23.9 Å². The zero-order valence-corrected chi connectivity index (χ0v) is 15.9. The third-order valence-corrected chi connectivity index (χ3v) is 3.74. The van der Waals surface area contributed by atoms with Gasteiger partial charge in [-0.3, -0.25) is 0 Å². The maximum absolute atomic E-state index is 11.3. The van der Waals surface area contributed by atoms with Crippen molar-refractivity contribution < 1.29 is 14.3 Å². The van der Waals surface area contributed by atoms with E-state index in [0.717, 1.165) is 19.1 Å². The number of carbonyl (C=O) groups excluding carboxylic acids is 1. The smallest absolute Gasteiger partial charge is 0.349 e. The van der Waals surface area contributed by atoms with Gasteiger partial charge in [0.15, 0.2) is 0 Å². The lowest BCUT2D eigenvalue weighted by atomic mass is 9.81. The van der Waals surface area contributed by atoms with Crippen LogP contribution >= 0.6 is 11.6 Å². The zero-order valence-electron chi connectivity index (χ0n) is 15.2. The average Bonchev–Trinajstić information content (AvgIpc) is 2.41. The number of ether oxygens (including phenoxy) is 2. The van der Waals surface area contributed by atoms with Crippen molar-refractivity contribution in [2.75, 3.05) is 6.61 Å². The standard InChI is InChI=1S/C16H24ClN5O3/c1-6-24-11(23)9-18-13-19-12(17)20-14(21-13)25-10-7-15(2,3)22-16(4,5)8-10/h9-10,22H,6-8H2,1-5H3/b18-9+. The molecule has 8 nitrogen and oxygen atoms in total. The van der Waals surface area contributed by atoms with E-state index >= 15 is 0 Å². The molecule has 9 heteroatoms. The van der Waals surface area contributed by atoms with Crippen LogP contribution < -0.4 is 10.1 Å². The van der Waals surface area contributed by atoms with E-state index in [0.29, 0.717) is 0 Å². The summed E-state index contributed by atoms with van der Waals surface area (Å²) in [4.78, 5) is 27.1. The van der Waals surface area contributed by atoms with E-state index in [2.05, 4.69) is 53.0 Å². The number of hydrogen-bond donors (Lipinski definition) is 1. The van der Waals surface area contributed by atoms with Gasteiger partial charge in [0.1, 0.15) is 12.3 Å². The first-order valence-corrected chi connectivity index (χ1v) is 8.55. The molecule has 1 aliphatic heterocycles. The molecule has 0 unspecified atom stereocenters.